The monoisotopic (exact) mass is 347 g/mol. The van der Waals surface area contributed by atoms with Crippen LogP contribution < -0.4 is 15.8 Å². The maximum absolute atomic E-state index is 12.4. The summed E-state index contributed by atoms with van der Waals surface area (Å²) < 4.78 is 1.34. The highest BCUT2D eigenvalue weighted by atomic mass is 35.5. The van der Waals surface area contributed by atoms with Gasteiger partial charge in [-0.05, 0) is 6.07 Å². The lowest BCUT2D eigenvalue weighted by molar-refractivity contribution is 0.584. The highest BCUT2D eigenvalue weighted by Gasteiger charge is 2.16. The lowest BCUT2D eigenvalue weighted by Crippen LogP contribution is -2.44. The van der Waals surface area contributed by atoms with E-state index in [1.54, 1.807) is 6.07 Å². The Bertz CT molecular complexity index is 916. The van der Waals surface area contributed by atoms with Crippen LogP contribution >= 0.6 is 22.9 Å². The molecule has 1 aliphatic rings. The van der Waals surface area contributed by atoms with Crippen LogP contribution in [-0.4, -0.2) is 40.8 Å². The van der Waals surface area contributed by atoms with Crippen molar-refractivity contribution in [1.82, 2.24) is 19.9 Å². The molecule has 3 aromatic rings. The van der Waals surface area contributed by atoms with Crippen LogP contribution in [0.4, 0.5) is 5.82 Å². The molecule has 0 aliphatic carbocycles. The molecular weight excluding hydrogens is 334 g/mol. The van der Waals surface area contributed by atoms with Gasteiger partial charge >= 0.3 is 0 Å². The highest BCUT2D eigenvalue weighted by molar-refractivity contribution is 7.19. The van der Waals surface area contributed by atoms with Crippen molar-refractivity contribution in [3.8, 4) is 10.6 Å². The predicted molar refractivity (Wildman–Crippen MR) is 92.7 cm³/mol. The summed E-state index contributed by atoms with van der Waals surface area (Å²) in [7, 11) is 0. The second-order valence-corrected chi connectivity index (χ2v) is 6.63. The van der Waals surface area contributed by atoms with Crippen LogP contribution in [0.3, 0.4) is 0 Å². The van der Waals surface area contributed by atoms with Crippen LogP contribution in [0.2, 0.25) is 5.02 Å². The van der Waals surface area contributed by atoms with E-state index < -0.39 is 0 Å². The Morgan fingerprint density at radius 2 is 2.00 bits per heavy atom. The van der Waals surface area contributed by atoms with Gasteiger partial charge in [-0.25, -0.2) is 4.98 Å². The standard InChI is InChI=1S/C15H14ClN5OS/c16-11-4-2-1-3-10(11)14-19-21-13(22)9-12(18-15(21)23-14)20-7-5-17-6-8-20/h1-4,9,17H,5-8H2. The molecule has 118 valence electrons. The molecule has 3 heterocycles. The smallest absolute Gasteiger partial charge is 0.277 e. The molecule has 23 heavy (non-hydrogen) atoms. The summed E-state index contributed by atoms with van der Waals surface area (Å²) in [6, 6.07) is 9.02. The quantitative estimate of drug-likeness (QED) is 0.767. The Hall–Kier alpha value is -1.96. The Kier molecular flexibility index (Phi) is 3.76. The molecule has 0 bridgehead atoms. The first kappa shape index (κ1) is 14.6. The van der Waals surface area contributed by atoms with Gasteiger partial charge in [0.2, 0.25) is 4.96 Å². The number of anilines is 1. The largest absolute Gasteiger partial charge is 0.354 e. The molecule has 8 heteroatoms. The summed E-state index contributed by atoms with van der Waals surface area (Å²) in [6.07, 6.45) is 0. The number of rotatable bonds is 2. The van der Waals surface area contributed by atoms with Gasteiger partial charge in [0.05, 0.1) is 5.02 Å². The number of fused-ring (bicyclic) bond motifs is 1. The second-order valence-electron chi connectivity index (χ2n) is 5.27. The summed E-state index contributed by atoms with van der Waals surface area (Å²) in [5.41, 5.74) is 0.644. The van der Waals surface area contributed by atoms with Crippen LogP contribution in [0.15, 0.2) is 35.1 Å². The zero-order valence-corrected chi connectivity index (χ0v) is 13.8. The van der Waals surface area contributed by atoms with Gasteiger partial charge in [0, 0.05) is 37.8 Å². The summed E-state index contributed by atoms with van der Waals surface area (Å²) >= 11 is 7.59. The van der Waals surface area contributed by atoms with E-state index in [1.165, 1.54) is 15.9 Å². The lowest BCUT2D eigenvalue weighted by atomic mass is 10.2. The van der Waals surface area contributed by atoms with E-state index >= 15 is 0 Å². The van der Waals surface area contributed by atoms with Crippen LogP contribution in [-0.2, 0) is 0 Å². The van der Waals surface area contributed by atoms with Gasteiger partial charge in [-0.15, -0.1) is 0 Å². The van der Waals surface area contributed by atoms with Crippen LogP contribution in [0.1, 0.15) is 0 Å². The summed E-state index contributed by atoms with van der Waals surface area (Å²) in [4.78, 5) is 19.7. The topological polar surface area (TPSA) is 62.5 Å². The number of benzene rings is 1. The summed E-state index contributed by atoms with van der Waals surface area (Å²) in [5, 5.41) is 8.97. The van der Waals surface area contributed by atoms with E-state index in [0.29, 0.717) is 20.8 Å². The molecule has 0 radical (unpaired) electrons. The van der Waals surface area contributed by atoms with Crippen molar-refractivity contribution in [1.29, 1.82) is 0 Å². The zero-order valence-electron chi connectivity index (χ0n) is 12.2. The Labute approximate surface area is 141 Å². The van der Waals surface area contributed by atoms with E-state index in [2.05, 4.69) is 20.3 Å². The molecule has 0 saturated carbocycles. The second kappa shape index (κ2) is 5.92. The SMILES string of the molecule is O=c1cc(N2CCNCC2)nc2sc(-c3ccccc3Cl)nn12. The summed E-state index contributed by atoms with van der Waals surface area (Å²) in [6.45, 7) is 3.49. The van der Waals surface area contributed by atoms with E-state index in [0.717, 1.165) is 31.7 Å². The van der Waals surface area contributed by atoms with Crippen molar-refractivity contribution in [2.24, 2.45) is 0 Å². The molecule has 1 saturated heterocycles. The maximum Gasteiger partial charge on any atom is 0.277 e. The molecular formula is C15H14ClN5OS. The number of nitrogens with zero attached hydrogens (tertiary/aromatic N) is 4. The number of nitrogens with one attached hydrogen (secondary N) is 1. The van der Waals surface area contributed by atoms with E-state index in [9.17, 15) is 4.79 Å². The van der Waals surface area contributed by atoms with Crippen molar-refractivity contribution < 1.29 is 0 Å². The number of halogens is 1. The van der Waals surface area contributed by atoms with Crippen molar-refractivity contribution in [3.63, 3.8) is 0 Å². The molecule has 2 aromatic heterocycles. The first-order valence-electron chi connectivity index (χ1n) is 7.34. The fourth-order valence-electron chi connectivity index (χ4n) is 2.60. The van der Waals surface area contributed by atoms with E-state index in [4.69, 9.17) is 11.6 Å². The Morgan fingerprint density at radius 3 is 2.78 bits per heavy atom. The fourth-order valence-corrected chi connectivity index (χ4v) is 3.82. The first-order valence-corrected chi connectivity index (χ1v) is 8.53. The van der Waals surface area contributed by atoms with Crippen LogP contribution in [0, 0.1) is 0 Å². The third-order valence-electron chi connectivity index (χ3n) is 3.78. The van der Waals surface area contributed by atoms with Crippen molar-refractivity contribution >= 4 is 33.7 Å². The van der Waals surface area contributed by atoms with Crippen LogP contribution in [0.5, 0.6) is 0 Å². The van der Waals surface area contributed by atoms with Gasteiger partial charge < -0.3 is 10.2 Å². The average Bonchev–Trinajstić information content (AvgIpc) is 3.00. The van der Waals surface area contributed by atoms with Crippen molar-refractivity contribution in [2.45, 2.75) is 0 Å². The maximum atomic E-state index is 12.4. The highest BCUT2D eigenvalue weighted by Crippen LogP contribution is 2.30. The molecule has 0 spiro atoms. The Balaban J connectivity index is 1.81. The van der Waals surface area contributed by atoms with Crippen molar-refractivity contribution in [3.05, 3.63) is 45.7 Å². The number of hydrogen-bond acceptors (Lipinski definition) is 6. The first-order chi connectivity index (χ1) is 11.2. The molecule has 1 fully saturated rings. The summed E-state index contributed by atoms with van der Waals surface area (Å²) in [5.74, 6) is 0.714. The fraction of sp³-hybridized carbons (Fsp3) is 0.267. The molecule has 4 rings (SSSR count). The molecule has 1 N–H and O–H groups in total. The average molecular weight is 348 g/mol. The predicted octanol–water partition coefficient (Wildman–Crippen LogP) is 1.88. The number of aromatic nitrogens is 3. The number of hydrogen-bond donors (Lipinski definition) is 1. The van der Waals surface area contributed by atoms with Crippen molar-refractivity contribution in [2.75, 3.05) is 31.1 Å². The minimum atomic E-state index is -0.168. The molecule has 0 amide bonds. The Morgan fingerprint density at radius 1 is 1.22 bits per heavy atom. The normalized spacial score (nSPS) is 15.3. The molecule has 1 aromatic carbocycles. The third kappa shape index (κ3) is 2.71. The minimum absolute atomic E-state index is 0.168. The number of piperazine rings is 1. The third-order valence-corrected chi connectivity index (χ3v) is 5.05. The van der Waals surface area contributed by atoms with Gasteiger partial charge in [-0.2, -0.15) is 9.61 Å². The van der Waals surface area contributed by atoms with E-state index in [1.807, 2.05) is 24.3 Å². The molecule has 6 nitrogen and oxygen atoms in total. The van der Waals surface area contributed by atoms with E-state index in [-0.39, 0.29) is 5.56 Å². The molecule has 1 aliphatic heterocycles. The van der Waals surface area contributed by atoms with Gasteiger partial charge in [0.25, 0.3) is 5.56 Å². The lowest BCUT2D eigenvalue weighted by Gasteiger charge is -2.27. The van der Waals surface area contributed by atoms with Gasteiger partial charge in [-0.1, -0.05) is 41.1 Å². The van der Waals surface area contributed by atoms with Gasteiger partial charge in [0.15, 0.2) is 0 Å². The zero-order chi connectivity index (χ0) is 15.8. The van der Waals surface area contributed by atoms with Gasteiger partial charge in [-0.3, -0.25) is 4.79 Å². The van der Waals surface area contributed by atoms with Crippen LogP contribution in [0.25, 0.3) is 15.5 Å². The molecule has 0 atom stereocenters. The minimum Gasteiger partial charge on any atom is -0.354 e. The molecule has 0 unspecified atom stereocenters. The van der Waals surface area contributed by atoms with Gasteiger partial charge in [0.1, 0.15) is 10.8 Å².